The summed E-state index contributed by atoms with van der Waals surface area (Å²) in [7, 11) is 1.53. The number of anilines is 2. The Hall–Kier alpha value is -2.27. The van der Waals surface area contributed by atoms with Gasteiger partial charge in [0.15, 0.2) is 0 Å². The Morgan fingerprint density at radius 1 is 1.27 bits per heavy atom. The Bertz CT molecular complexity index is 692. The lowest BCUT2D eigenvalue weighted by Crippen LogP contribution is -2.22. The lowest BCUT2D eigenvalue weighted by atomic mass is 10.2. The fraction of sp³-hybridized carbons (Fsp3) is 0.188. The molecule has 0 aliphatic heterocycles. The molecule has 2 rings (SSSR count). The lowest BCUT2D eigenvalue weighted by molar-refractivity contribution is -0.114. The van der Waals surface area contributed by atoms with Crippen molar-refractivity contribution in [1.29, 1.82) is 0 Å². The number of hydrogen-bond acceptors (Lipinski definition) is 3. The molecule has 0 aromatic heterocycles. The number of hydrogen-bond donors (Lipinski definition) is 2. The third-order valence-corrected chi connectivity index (χ3v) is 3.29. The smallest absolute Gasteiger partial charge is 0.243 e. The van der Waals surface area contributed by atoms with Gasteiger partial charge in [0.05, 0.1) is 19.3 Å². The molecule has 0 unspecified atom stereocenters. The van der Waals surface area contributed by atoms with Crippen molar-refractivity contribution < 1.29 is 13.9 Å². The molecule has 0 radical (unpaired) electrons. The molecule has 2 aromatic rings. The highest BCUT2D eigenvalue weighted by molar-refractivity contribution is 6.30. The summed E-state index contributed by atoms with van der Waals surface area (Å²) in [5.41, 5.74) is 1.55. The zero-order valence-electron chi connectivity index (χ0n) is 12.2. The number of methoxy groups -OCH3 is 1. The summed E-state index contributed by atoms with van der Waals surface area (Å²) in [5.74, 6) is -0.0777. The molecule has 116 valence electrons. The van der Waals surface area contributed by atoms with Crippen molar-refractivity contribution in [3.63, 3.8) is 0 Å². The van der Waals surface area contributed by atoms with Crippen LogP contribution in [-0.4, -0.2) is 19.6 Å². The van der Waals surface area contributed by atoms with Crippen molar-refractivity contribution in [3.8, 4) is 5.75 Å². The monoisotopic (exact) mass is 322 g/mol. The van der Waals surface area contributed by atoms with E-state index in [1.54, 1.807) is 37.3 Å². The van der Waals surface area contributed by atoms with Gasteiger partial charge in [0, 0.05) is 10.7 Å². The van der Waals surface area contributed by atoms with Crippen LogP contribution < -0.4 is 15.4 Å². The van der Waals surface area contributed by atoms with E-state index in [9.17, 15) is 9.18 Å². The van der Waals surface area contributed by atoms with Crippen LogP contribution >= 0.6 is 11.6 Å². The third-order valence-electron chi connectivity index (χ3n) is 3.06. The Labute approximate surface area is 133 Å². The summed E-state index contributed by atoms with van der Waals surface area (Å²) in [6.45, 7) is 1.67. The van der Waals surface area contributed by atoms with Gasteiger partial charge in [0.25, 0.3) is 0 Å². The number of carbonyl (C=O) groups is 1. The molecule has 2 N–H and O–H groups in total. The van der Waals surface area contributed by atoms with Crippen LogP contribution in [0, 0.1) is 12.7 Å². The van der Waals surface area contributed by atoms with Crippen LogP contribution in [0.5, 0.6) is 5.75 Å². The number of amides is 1. The van der Waals surface area contributed by atoms with Crippen molar-refractivity contribution in [3.05, 3.63) is 52.8 Å². The number of rotatable bonds is 5. The first kappa shape index (κ1) is 16.1. The fourth-order valence-electron chi connectivity index (χ4n) is 1.87. The highest BCUT2D eigenvalue weighted by Crippen LogP contribution is 2.27. The molecule has 0 saturated heterocycles. The highest BCUT2D eigenvalue weighted by Gasteiger charge is 2.08. The van der Waals surface area contributed by atoms with Gasteiger partial charge in [-0.25, -0.2) is 4.39 Å². The highest BCUT2D eigenvalue weighted by atomic mass is 35.5. The molecule has 0 aliphatic carbocycles. The van der Waals surface area contributed by atoms with Crippen LogP contribution in [-0.2, 0) is 4.79 Å². The molecule has 6 heteroatoms. The maximum Gasteiger partial charge on any atom is 0.243 e. The van der Waals surface area contributed by atoms with Gasteiger partial charge < -0.3 is 15.4 Å². The van der Waals surface area contributed by atoms with E-state index >= 15 is 0 Å². The quantitative estimate of drug-likeness (QED) is 0.879. The van der Waals surface area contributed by atoms with E-state index in [-0.39, 0.29) is 18.3 Å². The van der Waals surface area contributed by atoms with Crippen molar-refractivity contribution in [2.75, 3.05) is 24.3 Å². The van der Waals surface area contributed by atoms with Crippen molar-refractivity contribution in [2.24, 2.45) is 0 Å². The molecular weight excluding hydrogens is 307 g/mol. The lowest BCUT2D eigenvalue weighted by Gasteiger charge is -2.12. The molecule has 2 aromatic carbocycles. The number of nitrogens with one attached hydrogen (secondary N) is 2. The van der Waals surface area contributed by atoms with Gasteiger partial charge in [-0.05, 0) is 42.8 Å². The fourth-order valence-corrected chi connectivity index (χ4v) is 2.04. The minimum atomic E-state index is -0.359. The molecule has 0 spiro atoms. The van der Waals surface area contributed by atoms with E-state index in [0.29, 0.717) is 27.7 Å². The van der Waals surface area contributed by atoms with Crippen LogP contribution in [0.3, 0.4) is 0 Å². The Kier molecular flexibility index (Phi) is 5.22. The predicted molar refractivity (Wildman–Crippen MR) is 86.3 cm³/mol. The van der Waals surface area contributed by atoms with E-state index in [4.69, 9.17) is 16.3 Å². The molecule has 4 nitrogen and oxygen atoms in total. The summed E-state index contributed by atoms with van der Waals surface area (Å²) in [6.07, 6.45) is 0. The average Bonchev–Trinajstić information content (AvgIpc) is 2.49. The summed E-state index contributed by atoms with van der Waals surface area (Å²) in [6, 6.07) is 9.61. The molecule has 0 bridgehead atoms. The minimum absolute atomic E-state index is 0.00615. The molecule has 0 saturated carbocycles. The predicted octanol–water partition coefficient (Wildman–Crippen LogP) is 3.85. The van der Waals surface area contributed by atoms with Gasteiger partial charge in [0.1, 0.15) is 11.6 Å². The topological polar surface area (TPSA) is 50.4 Å². The first-order valence-electron chi connectivity index (χ1n) is 6.63. The third kappa shape index (κ3) is 4.11. The van der Waals surface area contributed by atoms with E-state index in [1.807, 2.05) is 0 Å². The molecule has 0 atom stereocenters. The molecule has 0 fully saturated rings. The maximum absolute atomic E-state index is 13.4. The van der Waals surface area contributed by atoms with E-state index in [0.717, 1.165) is 0 Å². The Balaban J connectivity index is 1.98. The Morgan fingerprint density at radius 2 is 2.05 bits per heavy atom. The van der Waals surface area contributed by atoms with Gasteiger partial charge in [-0.2, -0.15) is 0 Å². The van der Waals surface area contributed by atoms with E-state index in [2.05, 4.69) is 10.6 Å². The molecule has 0 aliphatic rings. The van der Waals surface area contributed by atoms with Gasteiger partial charge in [-0.1, -0.05) is 17.7 Å². The van der Waals surface area contributed by atoms with Crippen LogP contribution in [0.15, 0.2) is 36.4 Å². The van der Waals surface area contributed by atoms with Gasteiger partial charge in [-0.3, -0.25) is 4.79 Å². The van der Waals surface area contributed by atoms with Crippen LogP contribution in [0.4, 0.5) is 15.8 Å². The van der Waals surface area contributed by atoms with Crippen LogP contribution in [0.1, 0.15) is 5.56 Å². The summed E-state index contributed by atoms with van der Waals surface area (Å²) < 4.78 is 18.6. The number of halogens is 2. The molecular formula is C16H16ClFN2O2. The molecule has 0 heterocycles. The number of benzene rings is 2. The average molecular weight is 323 g/mol. The second-order valence-electron chi connectivity index (χ2n) is 4.71. The Morgan fingerprint density at radius 3 is 2.73 bits per heavy atom. The van der Waals surface area contributed by atoms with Crippen molar-refractivity contribution >= 4 is 28.9 Å². The van der Waals surface area contributed by atoms with Gasteiger partial charge in [-0.15, -0.1) is 0 Å². The van der Waals surface area contributed by atoms with Gasteiger partial charge >= 0.3 is 0 Å². The zero-order valence-corrected chi connectivity index (χ0v) is 13.0. The summed E-state index contributed by atoms with van der Waals surface area (Å²) in [5, 5.41) is 6.08. The van der Waals surface area contributed by atoms with E-state index < -0.39 is 0 Å². The van der Waals surface area contributed by atoms with E-state index in [1.165, 1.54) is 13.2 Å². The first-order valence-corrected chi connectivity index (χ1v) is 7.01. The number of aryl methyl sites for hydroxylation is 1. The maximum atomic E-state index is 13.4. The molecule has 1 amide bonds. The van der Waals surface area contributed by atoms with Gasteiger partial charge in [0.2, 0.25) is 5.91 Å². The summed E-state index contributed by atoms with van der Waals surface area (Å²) >= 11 is 5.91. The molecule has 22 heavy (non-hydrogen) atoms. The SMILES string of the molecule is COc1ccc(Cl)cc1NCC(=O)Nc1ccc(C)c(F)c1. The van der Waals surface area contributed by atoms with Crippen molar-refractivity contribution in [2.45, 2.75) is 6.92 Å². The largest absolute Gasteiger partial charge is 0.495 e. The second-order valence-corrected chi connectivity index (χ2v) is 5.15. The zero-order chi connectivity index (χ0) is 16.1. The first-order chi connectivity index (χ1) is 10.5. The second kappa shape index (κ2) is 7.13. The minimum Gasteiger partial charge on any atom is -0.495 e. The normalized spacial score (nSPS) is 10.2. The van der Waals surface area contributed by atoms with Crippen LogP contribution in [0.25, 0.3) is 0 Å². The van der Waals surface area contributed by atoms with Crippen LogP contribution in [0.2, 0.25) is 5.02 Å². The number of ether oxygens (including phenoxy) is 1. The summed E-state index contributed by atoms with van der Waals surface area (Å²) in [4.78, 5) is 11.9. The standard InChI is InChI=1S/C16H16ClFN2O2/c1-10-3-5-12(8-13(10)18)20-16(21)9-19-14-7-11(17)4-6-15(14)22-2/h3-8,19H,9H2,1-2H3,(H,20,21). The van der Waals surface area contributed by atoms with Crippen molar-refractivity contribution in [1.82, 2.24) is 0 Å². The number of carbonyl (C=O) groups excluding carboxylic acids is 1.